The normalized spacial score (nSPS) is 14.4. The van der Waals surface area contributed by atoms with Crippen LogP contribution in [0.5, 0.6) is 11.5 Å². The van der Waals surface area contributed by atoms with Crippen molar-refractivity contribution in [3.8, 4) is 11.5 Å². The number of sulfonamides is 1. The third-order valence-electron chi connectivity index (χ3n) is 4.69. The van der Waals surface area contributed by atoms with Gasteiger partial charge in [-0.2, -0.15) is 0 Å². The van der Waals surface area contributed by atoms with Gasteiger partial charge >= 0.3 is 0 Å². The van der Waals surface area contributed by atoms with Crippen LogP contribution in [0.3, 0.4) is 0 Å². The van der Waals surface area contributed by atoms with Gasteiger partial charge in [0.1, 0.15) is 18.1 Å². The fourth-order valence-corrected chi connectivity index (χ4v) is 4.06. The van der Waals surface area contributed by atoms with Crippen molar-refractivity contribution in [2.75, 3.05) is 46.6 Å². The Kier molecular flexibility index (Phi) is 7.30. The van der Waals surface area contributed by atoms with E-state index in [9.17, 15) is 13.2 Å². The lowest BCUT2D eigenvalue weighted by molar-refractivity contribution is 0.0300. The van der Waals surface area contributed by atoms with Crippen LogP contribution >= 0.6 is 0 Å². The molecule has 1 saturated heterocycles. The molecule has 0 atom stereocenters. The zero-order chi connectivity index (χ0) is 21.6. The number of carbonyl (C=O) groups is 1. The minimum absolute atomic E-state index is 0.00440. The van der Waals surface area contributed by atoms with Crippen LogP contribution in [0.1, 0.15) is 15.9 Å². The second-order valence-electron chi connectivity index (χ2n) is 6.83. The Balaban J connectivity index is 1.67. The van der Waals surface area contributed by atoms with E-state index >= 15 is 0 Å². The SMILES string of the molecule is COc1ccc(S(=O)(=O)NCCOc2ccc(C)cc2)cc1C(=O)N1CCOCC1. The smallest absolute Gasteiger partial charge is 0.257 e. The average Bonchev–Trinajstić information content (AvgIpc) is 2.77. The first kappa shape index (κ1) is 22.1. The maximum Gasteiger partial charge on any atom is 0.257 e. The summed E-state index contributed by atoms with van der Waals surface area (Å²) < 4.78 is 44.0. The van der Waals surface area contributed by atoms with Crippen LogP contribution in [0, 0.1) is 6.92 Å². The molecule has 3 rings (SSSR count). The van der Waals surface area contributed by atoms with Gasteiger partial charge in [0.25, 0.3) is 5.91 Å². The van der Waals surface area contributed by atoms with Crippen LogP contribution in [-0.2, 0) is 14.8 Å². The number of benzene rings is 2. The first-order chi connectivity index (χ1) is 14.4. The first-order valence-corrected chi connectivity index (χ1v) is 11.1. The van der Waals surface area contributed by atoms with Crippen molar-refractivity contribution < 1.29 is 27.4 Å². The van der Waals surface area contributed by atoms with Gasteiger partial charge < -0.3 is 19.1 Å². The molecule has 1 N–H and O–H groups in total. The predicted octanol–water partition coefficient (Wildman–Crippen LogP) is 1.83. The summed E-state index contributed by atoms with van der Waals surface area (Å²) >= 11 is 0. The Morgan fingerprint density at radius 3 is 2.50 bits per heavy atom. The Bertz CT molecular complexity index is 969. The lowest BCUT2D eigenvalue weighted by Gasteiger charge is -2.27. The molecule has 0 unspecified atom stereocenters. The number of amides is 1. The van der Waals surface area contributed by atoms with E-state index in [2.05, 4.69) is 4.72 Å². The number of rotatable bonds is 8. The van der Waals surface area contributed by atoms with E-state index in [0.717, 1.165) is 5.56 Å². The third-order valence-corrected chi connectivity index (χ3v) is 6.15. The van der Waals surface area contributed by atoms with Crippen molar-refractivity contribution in [2.24, 2.45) is 0 Å². The number of aryl methyl sites for hydroxylation is 1. The van der Waals surface area contributed by atoms with Gasteiger partial charge in [0.2, 0.25) is 10.0 Å². The van der Waals surface area contributed by atoms with Crippen LogP contribution in [0.2, 0.25) is 0 Å². The lowest BCUT2D eigenvalue weighted by Crippen LogP contribution is -2.40. The zero-order valence-electron chi connectivity index (χ0n) is 17.1. The Morgan fingerprint density at radius 2 is 1.83 bits per heavy atom. The number of methoxy groups -OCH3 is 1. The van der Waals surface area contributed by atoms with Crippen molar-refractivity contribution in [1.29, 1.82) is 0 Å². The summed E-state index contributed by atoms with van der Waals surface area (Å²) in [5, 5.41) is 0. The largest absolute Gasteiger partial charge is 0.496 e. The number of nitrogens with zero attached hydrogens (tertiary/aromatic N) is 1. The van der Waals surface area contributed by atoms with E-state index in [1.807, 2.05) is 31.2 Å². The number of hydrogen-bond acceptors (Lipinski definition) is 6. The highest BCUT2D eigenvalue weighted by molar-refractivity contribution is 7.89. The summed E-state index contributed by atoms with van der Waals surface area (Å²) in [6.07, 6.45) is 0. The van der Waals surface area contributed by atoms with E-state index < -0.39 is 10.0 Å². The van der Waals surface area contributed by atoms with Crippen LogP contribution < -0.4 is 14.2 Å². The van der Waals surface area contributed by atoms with E-state index in [1.54, 1.807) is 4.90 Å². The topological polar surface area (TPSA) is 94.2 Å². The maximum atomic E-state index is 12.9. The van der Waals surface area contributed by atoms with Crippen molar-refractivity contribution in [3.05, 3.63) is 53.6 Å². The van der Waals surface area contributed by atoms with Crippen LogP contribution in [0.4, 0.5) is 0 Å². The van der Waals surface area contributed by atoms with E-state index in [-0.39, 0.29) is 29.5 Å². The summed E-state index contributed by atoms with van der Waals surface area (Å²) in [6.45, 7) is 4.06. The molecular formula is C21H26N2O6S. The van der Waals surface area contributed by atoms with Gasteiger partial charge in [-0.05, 0) is 37.3 Å². The van der Waals surface area contributed by atoms with Crippen LogP contribution in [0.25, 0.3) is 0 Å². The van der Waals surface area contributed by atoms with Gasteiger partial charge in [0.15, 0.2) is 0 Å². The monoisotopic (exact) mass is 434 g/mol. The summed E-state index contributed by atoms with van der Waals surface area (Å²) in [5.74, 6) is 0.714. The molecule has 0 aliphatic carbocycles. The van der Waals surface area contributed by atoms with E-state index in [4.69, 9.17) is 14.2 Å². The maximum absolute atomic E-state index is 12.9. The van der Waals surface area contributed by atoms with E-state index in [0.29, 0.717) is 37.8 Å². The van der Waals surface area contributed by atoms with Crippen LogP contribution in [0.15, 0.2) is 47.4 Å². The van der Waals surface area contributed by atoms with E-state index in [1.165, 1.54) is 25.3 Å². The predicted molar refractivity (Wildman–Crippen MR) is 112 cm³/mol. The molecule has 1 fully saturated rings. The summed E-state index contributed by atoms with van der Waals surface area (Å²) in [5.41, 5.74) is 1.32. The Labute approximate surface area is 176 Å². The number of hydrogen-bond donors (Lipinski definition) is 1. The molecule has 0 spiro atoms. The minimum atomic E-state index is -3.81. The van der Waals surface area contributed by atoms with Crippen LogP contribution in [-0.4, -0.2) is 65.8 Å². The van der Waals surface area contributed by atoms with Gasteiger partial charge in [-0.1, -0.05) is 17.7 Å². The fraction of sp³-hybridized carbons (Fsp3) is 0.381. The Hall–Kier alpha value is -2.62. The minimum Gasteiger partial charge on any atom is -0.496 e. The molecule has 1 aliphatic heterocycles. The van der Waals surface area contributed by atoms with Gasteiger partial charge in [-0.25, -0.2) is 13.1 Å². The fourth-order valence-electron chi connectivity index (χ4n) is 3.02. The molecule has 1 aliphatic rings. The zero-order valence-corrected chi connectivity index (χ0v) is 17.9. The van der Waals surface area contributed by atoms with Crippen molar-refractivity contribution in [3.63, 3.8) is 0 Å². The molecule has 0 aromatic heterocycles. The third kappa shape index (κ3) is 5.50. The molecule has 1 heterocycles. The highest BCUT2D eigenvalue weighted by Gasteiger charge is 2.24. The molecule has 0 radical (unpaired) electrons. The second-order valence-corrected chi connectivity index (χ2v) is 8.59. The molecule has 8 nitrogen and oxygen atoms in total. The quantitative estimate of drug-likeness (QED) is 0.637. The van der Waals surface area contributed by atoms with Gasteiger partial charge in [-0.15, -0.1) is 0 Å². The number of nitrogens with one attached hydrogen (secondary N) is 1. The van der Waals surface area contributed by atoms with Gasteiger partial charge in [0, 0.05) is 19.6 Å². The number of carbonyl (C=O) groups excluding carboxylic acids is 1. The lowest BCUT2D eigenvalue weighted by atomic mass is 10.1. The summed E-state index contributed by atoms with van der Waals surface area (Å²) in [6, 6.07) is 11.8. The highest BCUT2D eigenvalue weighted by atomic mass is 32.2. The summed E-state index contributed by atoms with van der Waals surface area (Å²) in [7, 11) is -2.37. The first-order valence-electron chi connectivity index (χ1n) is 9.65. The van der Waals surface area contributed by atoms with Crippen molar-refractivity contribution in [1.82, 2.24) is 9.62 Å². The molecule has 0 saturated carbocycles. The number of morpholine rings is 1. The van der Waals surface area contributed by atoms with Crippen molar-refractivity contribution >= 4 is 15.9 Å². The summed E-state index contributed by atoms with van der Waals surface area (Å²) in [4.78, 5) is 14.5. The van der Waals surface area contributed by atoms with Gasteiger partial charge in [-0.3, -0.25) is 4.79 Å². The molecular weight excluding hydrogens is 408 g/mol. The number of ether oxygens (including phenoxy) is 3. The molecule has 30 heavy (non-hydrogen) atoms. The van der Waals surface area contributed by atoms with Gasteiger partial charge in [0.05, 0.1) is 30.8 Å². The molecule has 2 aromatic rings. The van der Waals surface area contributed by atoms with Crippen molar-refractivity contribution in [2.45, 2.75) is 11.8 Å². The average molecular weight is 435 g/mol. The Morgan fingerprint density at radius 1 is 1.13 bits per heavy atom. The second kappa shape index (κ2) is 9.92. The molecule has 9 heteroatoms. The molecule has 0 bridgehead atoms. The molecule has 1 amide bonds. The molecule has 2 aromatic carbocycles. The highest BCUT2D eigenvalue weighted by Crippen LogP contribution is 2.24. The molecule has 162 valence electrons. The standard InChI is InChI=1S/C21H26N2O6S/c1-16-3-5-17(6-4-16)29-12-9-22-30(25,26)18-7-8-20(27-2)19(15-18)21(24)23-10-13-28-14-11-23/h3-8,15,22H,9-14H2,1-2H3.